The van der Waals surface area contributed by atoms with E-state index in [0.29, 0.717) is 0 Å². The third-order valence-corrected chi connectivity index (χ3v) is 5.38. The fourth-order valence-corrected chi connectivity index (χ4v) is 3.88. The van der Waals surface area contributed by atoms with Crippen LogP contribution >= 0.6 is 11.3 Å². The molecule has 0 fully saturated rings. The molecular weight excluding hydrogens is 308 g/mol. The van der Waals surface area contributed by atoms with E-state index in [-0.39, 0.29) is 18.5 Å². The first kappa shape index (κ1) is 17.7. The standard InChI is InChI=1S/C17H26N4OS/c1-8-15-10(2)19-21(11(15)3)9-16(22)20(7)12(4)17-13(5)23-14(6)18-17/h12H,8-9H2,1-7H3/t12-/m1/s1. The van der Waals surface area contributed by atoms with Gasteiger partial charge in [-0.05, 0) is 46.6 Å². The Morgan fingerprint density at radius 3 is 2.43 bits per heavy atom. The van der Waals surface area contributed by atoms with Gasteiger partial charge in [0.15, 0.2) is 0 Å². The summed E-state index contributed by atoms with van der Waals surface area (Å²) in [5.74, 6) is 0.0517. The maximum Gasteiger partial charge on any atom is 0.244 e. The zero-order chi connectivity index (χ0) is 17.3. The molecule has 1 atom stereocenters. The Bertz CT molecular complexity index is 716. The summed E-state index contributed by atoms with van der Waals surface area (Å²) < 4.78 is 1.82. The molecule has 0 saturated heterocycles. The lowest BCUT2D eigenvalue weighted by molar-refractivity contribution is -0.132. The van der Waals surface area contributed by atoms with Crippen LogP contribution in [-0.2, 0) is 17.8 Å². The third-order valence-electron chi connectivity index (χ3n) is 4.48. The first-order valence-corrected chi connectivity index (χ1v) is 8.80. The second kappa shape index (κ2) is 6.83. The van der Waals surface area contributed by atoms with E-state index in [9.17, 15) is 4.79 Å². The molecule has 2 rings (SSSR count). The lowest BCUT2D eigenvalue weighted by atomic mass is 10.1. The summed E-state index contributed by atoms with van der Waals surface area (Å²) in [5, 5.41) is 5.55. The van der Waals surface area contributed by atoms with E-state index in [2.05, 4.69) is 23.9 Å². The minimum Gasteiger partial charge on any atom is -0.336 e. The van der Waals surface area contributed by atoms with Crippen molar-refractivity contribution in [3.63, 3.8) is 0 Å². The second-order valence-corrected chi connectivity index (χ2v) is 7.42. The van der Waals surface area contributed by atoms with Gasteiger partial charge >= 0.3 is 0 Å². The van der Waals surface area contributed by atoms with Gasteiger partial charge in [-0.2, -0.15) is 5.10 Å². The summed E-state index contributed by atoms with van der Waals surface area (Å²) >= 11 is 1.67. The number of hydrogen-bond acceptors (Lipinski definition) is 4. The van der Waals surface area contributed by atoms with Crippen molar-refractivity contribution in [2.45, 2.75) is 60.5 Å². The summed E-state index contributed by atoms with van der Waals surface area (Å²) in [6.07, 6.45) is 0.940. The number of hydrogen-bond donors (Lipinski definition) is 0. The van der Waals surface area contributed by atoms with Gasteiger partial charge in [-0.3, -0.25) is 9.48 Å². The van der Waals surface area contributed by atoms with Crippen LogP contribution in [0.1, 0.15) is 52.4 Å². The van der Waals surface area contributed by atoms with Gasteiger partial charge in [0, 0.05) is 17.6 Å². The van der Waals surface area contributed by atoms with E-state index in [1.807, 2.05) is 39.4 Å². The normalized spacial score (nSPS) is 12.5. The topological polar surface area (TPSA) is 51.0 Å². The predicted octanol–water partition coefficient (Wildman–Crippen LogP) is 3.36. The number of carbonyl (C=O) groups is 1. The molecule has 0 unspecified atom stereocenters. The van der Waals surface area contributed by atoms with E-state index in [1.165, 1.54) is 10.4 Å². The molecule has 0 saturated carbocycles. The highest BCUT2D eigenvalue weighted by Crippen LogP contribution is 2.26. The van der Waals surface area contributed by atoms with E-state index in [0.717, 1.165) is 28.5 Å². The Hall–Kier alpha value is -1.69. The fraction of sp³-hybridized carbons (Fsp3) is 0.588. The Balaban J connectivity index is 2.15. The zero-order valence-corrected chi connectivity index (χ0v) is 15.9. The molecule has 0 aromatic carbocycles. The van der Waals surface area contributed by atoms with Crippen molar-refractivity contribution in [3.05, 3.63) is 32.5 Å². The smallest absolute Gasteiger partial charge is 0.244 e. The molecule has 0 bridgehead atoms. The van der Waals surface area contributed by atoms with Gasteiger partial charge in [-0.1, -0.05) is 6.92 Å². The lowest BCUT2D eigenvalue weighted by Gasteiger charge is -2.24. The van der Waals surface area contributed by atoms with Crippen LogP contribution in [-0.4, -0.2) is 32.6 Å². The quantitative estimate of drug-likeness (QED) is 0.842. The molecule has 0 spiro atoms. The van der Waals surface area contributed by atoms with Gasteiger partial charge in [0.05, 0.1) is 22.4 Å². The summed E-state index contributed by atoms with van der Waals surface area (Å²) in [7, 11) is 1.84. The Labute approximate surface area is 142 Å². The molecule has 126 valence electrons. The van der Waals surface area contributed by atoms with Crippen molar-refractivity contribution in [1.82, 2.24) is 19.7 Å². The monoisotopic (exact) mass is 334 g/mol. The first-order chi connectivity index (χ1) is 10.8. The molecule has 5 nitrogen and oxygen atoms in total. The van der Waals surface area contributed by atoms with Crippen LogP contribution in [0, 0.1) is 27.7 Å². The van der Waals surface area contributed by atoms with Gasteiger partial charge in [-0.25, -0.2) is 4.98 Å². The lowest BCUT2D eigenvalue weighted by Crippen LogP contribution is -2.33. The molecule has 2 heterocycles. The summed E-state index contributed by atoms with van der Waals surface area (Å²) in [6, 6.07) is -0.0324. The van der Waals surface area contributed by atoms with Gasteiger partial charge < -0.3 is 4.90 Å². The third kappa shape index (κ3) is 3.47. The fourth-order valence-electron chi connectivity index (χ4n) is 2.97. The molecule has 0 radical (unpaired) electrons. The van der Waals surface area contributed by atoms with Crippen LogP contribution in [0.4, 0.5) is 0 Å². The SMILES string of the molecule is CCc1c(C)nn(CC(=O)N(C)[C@H](C)c2nc(C)sc2C)c1C. The highest BCUT2D eigenvalue weighted by atomic mass is 32.1. The van der Waals surface area contributed by atoms with Crippen molar-refractivity contribution in [2.75, 3.05) is 7.05 Å². The molecule has 0 aliphatic heterocycles. The van der Waals surface area contributed by atoms with E-state index >= 15 is 0 Å². The van der Waals surface area contributed by atoms with Crippen molar-refractivity contribution >= 4 is 17.2 Å². The van der Waals surface area contributed by atoms with Crippen LogP contribution < -0.4 is 0 Å². The number of amides is 1. The molecule has 2 aromatic rings. The Kier molecular flexibility index (Phi) is 5.24. The minimum atomic E-state index is -0.0324. The zero-order valence-electron chi connectivity index (χ0n) is 15.1. The molecule has 0 aliphatic carbocycles. The van der Waals surface area contributed by atoms with Crippen LogP contribution in [0.5, 0.6) is 0 Å². The van der Waals surface area contributed by atoms with Crippen LogP contribution in [0.15, 0.2) is 0 Å². The number of carbonyl (C=O) groups excluding carboxylic acids is 1. The highest BCUT2D eigenvalue weighted by molar-refractivity contribution is 7.11. The number of rotatable bonds is 5. The number of aromatic nitrogens is 3. The van der Waals surface area contributed by atoms with E-state index in [4.69, 9.17) is 0 Å². The molecule has 1 amide bonds. The molecule has 0 N–H and O–H groups in total. The average molecular weight is 334 g/mol. The van der Waals surface area contributed by atoms with E-state index in [1.54, 1.807) is 16.2 Å². The summed E-state index contributed by atoms with van der Waals surface area (Å²) in [6.45, 7) is 12.5. The molecular formula is C17H26N4OS. The first-order valence-electron chi connectivity index (χ1n) is 7.98. The highest BCUT2D eigenvalue weighted by Gasteiger charge is 2.23. The Morgan fingerprint density at radius 1 is 1.30 bits per heavy atom. The van der Waals surface area contributed by atoms with Gasteiger partial charge in [0.1, 0.15) is 6.54 Å². The molecule has 6 heteroatoms. The number of thiazole rings is 1. The van der Waals surface area contributed by atoms with Crippen molar-refractivity contribution in [3.8, 4) is 0 Å². The van der Waals surface area contributed by atoms with Crippen LogP contribution in [0.25, 0.3) is 0 Å². The van der Waals surface area contributed by atoms with Crippen molar-refractivity contribution in [1.29, 1.82) is 0 Å². The number of aryl methyl sites for hydroxylation is 3. The maximum absolute atomic E-state index is 12.6. The molecule has 23 heavy (non-hydrogen) atoms. The summed E-state index contributed by atoms with van der Waals surface area (Å²) in [5.41, 5.74) is 4.32. The predicted molar refractivity (Wildman–Crippen MR) is 93.9 cm³/mol. The maximum atomic E-state index is 12.6. The average Bonchev–Trinajstić information content (AvgIpc) is 2.96. The van der Waals surface area contributed by atoms with Crippen LogP contribution in [0.2, 0.25) is 0 Å². The van der Waals surface area contributed by atoms with E-state index < -0.39 is 0 Å². The number of nitrogens with zero attached hydrogens (tertiary/aromatic N) is 4. The minimum absolute atomic E-state index is 0.0324. The van der Waals surface area contributed by atoms with Gasteiger partial charge in [0.2, 0.25) is 5.91 Å². The largest absolute Gasteiger partial charge is 0.336 e. The summed E-state index contributed by atoms with van der Waals surface area (Å²) in [4.78, 5) is 20.2. The second-order valence-electron chi connectivity index (χ2n) is 6.02. The van der Waals surface area contributed by atoms with Gasteiger partial charge in [0.25, 0.3) is 0 Å². The molecule has 0 aliphatic rings. The molecule has 2 aromatic heterocycles. The van der Waals surface area contributed by atoms with Crippen molar-refractivity contribution < 1.29 is 4.79 Å². The van der Waals surface area contributed by atoms with Crippen molar-refractivity contribution in [2.24, 2.45) is 0 Å². The van der Waals surface area contributed by atoms with Gasteiger partial charge in [-0.15, -0.1) is 11.3 Å². The van der Waals surface area contributed by atoms with Crippen LogP contribution in [0.3, 0.4) is 0 Å². The Morgan fingerprint density at radius 2 is 1.96 bits per heavy atom. The number of likely N-dealkylation sites (N-methyl/N-ethyl adjacent to an activating group) is 1.